The van der Waals surface area contributed by atoms with Gasteiger partial charge in [-0.1, -0.05) is 34.1 Å². The van der Waals surface area contributed by atoms with E-state index in [0.717, 1.165) is 19.3 Å². The van der Waals surface area contributed by atoms with Gasteiger partial charge in [0, 0.05) is 22.8 Å². The summed E-state index contributed by atoms with van der Waals surface area (Å²) in [6, 6.07) is 0. The van der Waals surface area contributed by atoms with Crippen molar-refractivity contribution in [2.45, 2.75) is 71.5 Å². The molecule has 0 saturated heterocycles. The van der Waals surface area contributed by atoms with Crippen LogP contribution in [0.4, 0.5) is 0 Å². The monoisotopic (exact) mass is 350 g/mol. The second-order valence-electron chi connectivity index (χ2n) is 9.08. The average molecular weight is 350 g/mol. The Morgan fingerprint density at radius 2 is 1.92 bits per heavy atom. The van der Waals surface area contributed by atoms with Crippen LogP contribution in [0.15, 0.2) is 11.6 Å². The van der Waals surface area contributed by atoms with Crippen molar-refractivity contribution in [3.8, 4) is 0 Å². The third-order valence-electron chi connectivity index (χ3n) is 7.31. The molecule has 0 unspecified atom stereocenters. The molecule has 3 aliphatic rings. The number of hydrogen-bond acceptors (Lipinski definition) is 5. The summed E-state index contributed by atoms with van der Waals surface area (Å²) in [5, 5.41) is 22.4. The fourth-order valence-corrected chi connectivity index (χ4v) is 5.86. The summed E-state index contributed by atoms with van der Waals surface area (Å²) in [5.74, 6) is -1.40. The second-order valence-corrected chi connectivity index (χ2v) is 9.08. The lowest BCUT2D eigenvalue weighted by molar-refractivity contribution is -0.229. The molecule has 25 heavy (non-hydrogen) atoms. The number of rotatable bonds is 3. The summed E-state index contributed by atoms with van der Waals surface area (Å²) in [5.41, 5.74) is -1.48. The van der Waals surface area contributed by atoms with E-state index in [0.29, 0.717) is 18.4 Å². The van der Waals surface area contributed by atoms with Gasteiger partial charge in [-0.15, -0.1) is 0 Å². The Bertz CT molecular complexity index is 622. The molecule has 5 atom stereocenters. The van der Waals surface area contributed by atoms with Crippen molar-refractivity contribution in [3.63, 3.8) is 0 Å². The van der Waals surface area contributed by atoms with Gasteiger partial charge in [-0.05, 0) is 37.2 Å². The number of cyclic esters (lactones) is 1. The van der Waals surface area contributed by atoms with Gasteiger partial charge in [-0.2, -0.15) is 0 Å². The molecule has 1 aliphatic heterocycles. The molecule has 2 aliphatic carbocycles. The minimum atomic E-state index is -1.20. The van der Waals surface area contributed by atoms with Crippen LogP contribution in [-0.2, 0) is 14.3 Å². The van der Waals surface area contributed by atoms with E-state index < -0.39 is 23.0 Å². The van der Waals surface area contributed by atoms with Gasteiger partial charge in [-0.3, -0.25) is 4.79 Å². The molecule has 0 bridgehead atoms. The summed E-state index contributed by atoms with van der Waals surface area (Å²) < 4.78 is 4.95. The molecule has 3 rings (SSSR count). The summed E-state index contributed by atoms with van der Waals surface area (Å²) in [4.78, 5) is 24.7. The number of Topliss-reactive ketones (excluding diaryl/α,β-unsaturated/α-hetero) is 1. The zero-order valence-corrected chi connectivity index (χ0v) is 15.7. The average Bonchev–Trinajstić information content (AvgIpc) is 2.94. The number of carbonyl (C=O) groups excluding carboxylic acids is 2. The van der Waals surface area contributed by atoms with E-state index in [1.165, 1.54) is 0 Å². The molecule has 5 nitrogen and oxygen atoms in total. The van der Waals surface area contributed by atoms with E-state index in [9.17, 15) is 19.8 Å². The van der Waals surface area contributed by atoms with E-state index >= 15 is 0 Å². The van der Waals surface area contributed by atoms with E-state index in [1.807, 2.05) is 6.92 Å². The summed E-state index contributed by atoms with van der Waals surface area (Å²) >= 11 is 0. The summed E-state index contributed by atoms with van der Waals surface area (Å²) in [6.07, 6.45) is 3.96. The van der Waals surface area contributed by atoms with Crippen LogP contribution < -0.4 is 0 Å². The largest absolute Gasteiger partial charge is 0.458 e. The maximum atomic E-state index is 12.9. The van der Waals surface area contributed by atoms with Crippen LogP contribution in [0.1, 0.15) is 59.8 Å². The van der Waals surface area contributed by atoms with E-state index in [2.05, 4.69) is 13.8 Å². The van der Waals surface area contributed by atoms with Crippen LogP contribution >= 0.6 is 0 Å². The maximum absolute atomic E-state index is 12.9. The van der Waals surface area contributed by atoms with Gasteiger partial charge in [0.25, 0.3) is 0 Å². The first-order chi connectivity index (χ1) is 11.5. The Morgan fingerprint density at radius 1 is 1.24 bits per heavy atom. The number of hydrogen-bond donors (Lipinski definition) is 2. The molecule has 0 aromatic heterocycles. The first-order valence-electron chi connectivity index (χ1n) is 9.35. The Kier molecular flexibility index (Phi) is 4.40. The van der Waals surface area contributed by atoms with Crippen molar-refractivity contribution in [1.29, 1.82) is 0 Å². The zero-order valence-electron chi connectivity index (χ0n) is 15.7. The first kappa shape index (κ1) is 18.6. The summed E-state index contributed by atoms with van der Waals surface area (Å²) in [6.45, 7) is 8.17. The number of ether oxygens (including phenoxy) is 1. The lowest BCUT2D eigenvalue weighted by atomic mass is 9.43. The van der Waals surface area contributed by atoms with Gasteiger partial charge in [0.05, 0.1) is 5.60 Å². The number of fused-ring (bicyclic) bond motifs is 1. The lowest BCUT2D eigenvalue weighted by Gasteiger charge is -2.63. The molecule has 2 N–H and O–H groups in total. The second kappa shape index (κ2) is 5.92. The Balaban J connectivity index is 1.97. The van der Waals surface area contributed by atoms with Gasteiger partial charge in [-0.25, -0.2) is 4.79 Å². The fourth-order valence-electron chi connectivity index (χ4n) is 5.86. The van der Waals surface area contributed by atoms with Crippen LogP contribution in [0.25, 0.3) is 0 Å². The number of aliphatic hydroxyl groups excluding tert-OH is 1. The van der Waals surface area contributed by atoms with Crippen LogP contribution in [0.2, 0.25) is 0 Å². The molecule has 140 valence electrons. The molecule has 1 heterocycles. The Labute approximate surface area is 149 Å². The minimum absolute atomic E-state index is 0.135. The van der Waals surface area contributed by atoms with Gasteiger partial charge in [0.15, 0.2) is 5.78 Å². The van der Waals surface area contributed by atoms with Crippen molar-refractivity contribution in [1.82, 2.24) is 0 Å². The SMILES string of the molecule is C[C@H]1[C@H](O)C(=O)[C@H]2C(C)(C)CCC[C@]2(C)[C@]1(O)CCC1=CCOC1=O. The molecule has 5 heteroatoms. The van der Waals surface area contributed by atoms with Crippen molar-refractivity contribution < 1.29 is 24.5 Å². The van der Waals surface area contributed by atoms with Crippen molar-refractivity contribution in [2.24, 2.45) is 22.7 Å². The molecule has 2 saturated carbocycles. The number of aliphatic hydroxyl groups is 2. The molecule has 0 amide bonds. The number of esters is 1. The van der Waals surface area contributed by atoms with E-state index in [1.54, 1.807) is 13.0 Å². The van der Waals surface area contributed by atoms with Gasteiger partial charge < -0.3 is 14.9 Å². The molecule has 0 aromatic carbocycles. The highest BCUT2D eigenvalue weighted by molar-refractivity contribution is 5.90. The topological polar surface area (TPSA) is 83.8 Å². The quantitative estimate of drug-likeness (QED) is 0.764. The molecule has 0 spiro atoms. The maximum Gasteiger partial charge on any atom is 0.334 e. The predicted molar refractivity (Wildman–Crippen MR) is 92.6 cm³/mol. The standard InChI is InChI=1S/C20H30O5/c1-12-14(21)15(22)16-18(2,3)8-5-9-19(16,4)20(12,24)10-6-13-7-11-25-17(13)23/h7,12,14,16,21,24H,5-6,8-11H2,1-4H3/t12-,14-,16-,19-,20-/m0/s1. The highest BCUT2D eigenvalue weighted by Gasteiger charge is 2.66. The number of ketones is 1. The molecule has 2 fully saturated rings. The minimum Gasteiger partial charge on any atom is -0.458 e. The van der Waals surface area contributed by atoms with Crippen molar-refractivity contribution in [2.75, 3.05) is 6.61 Å². The molecular weight excluding hydrogens is 320 g/mol. The Morgan fingerprint density at radius 3 is 2.52 bits per heavy atom. The normalized spacial score (nSPS) is 43.4. The fraction of sp³-hybridized carbons (Fsp3) is 0.800. The first-order valence-corrected chi connectivity index (χ1v) is 9.35. The molecule has 0 aromatic rings. The Hall–Kier alpha value is -1.20. The predicted octanol–water partition coefficient (Wildman–Crippen LogP) is 2.39. The lowest BCUT2D eigenvalue weighted by Crippen LogP contribution is -2.69. The zero-order chi connectivity index (χ0) is 18.6. The molecule has 0 radical (unpaired) electrons. The van der Waals surface area contributed by atoms with Gasteiger partial charge >= 0.3 is 5.97 Å². The van der Waals surface area contributed by atoms with E-state index in [-0.39, 0.29) is 29.7 Å². The van der Waals surface area contributed by atoms with Crippen LogP contribution in [0.3, 0.4) is 0 Å². The van der Waals surface area contributed by atoms with Gasteiger partial charge in [0.2, 0.25) is 0 Å². The highest BCUT2D eigenvalue weighted by Crippen LogP contribution is 2.62. The third-order valence-corrected chi connectivity index (χ3v) is 7.31. The van der Waals surface area contributed by atoms with Crippen LogP contribution in [-0.4, -0.2) is 40.3 Å². The van der Waals surface area contributed by atoms with E-state index in [4.69, 9.17) is 4.74 Å². The van der Waals surface area contributed by atoms with Crippen LogP contribution in [0.5, 0.6) is 0 Å². The smallest absolute Gasteiger partial charge is 0.334 e. The summed E-state index contributed by atoms with van der Waals surface area (Å²) in [7, 11) is 0. The number of carbonyl (C=O) groups is 2. The molecular formula is C20H30O5. The van der Waals surface area contributed by atoms with Crippen LogP contribution in [0, 0.1) is 22.7 Å². The van der Waals surface area contributed by atoms with Crippen molar-refractivity contribution in [3.05, 3.63) is 11.6 Å². The highest BCUT2D eigenvalue weighted by atomic mass is 16.5. The van der Waals surface area contributed by atoms with Gasteiger partial charge in [0.1, 0.15) is 12.7 Å². The van der Waals surface area contributed by atoms with Crippen molar-refractivity contribution >= 4 is 11.8 Å². The third kappa shape index (κ3) is 2.58.